The number of allylic oxidation sites excluding steroid dienone is 2. The smallest absolute Gasteiger partial charge is 0.307 e. The average molecular weight is 526 g/mol. The second-order valence-electron chi connectivity index (χ2n) is 9.94. The summed E-state index contributed by atoms with van der Waals surface area (Å²) < 4.78 is 17.2. The molecule has 3 N–H and O–H groups in total. The van der Waals surface area contributed by atoms with Crippen LogP contribution in [0.15, 0.2) is 42.6 Å². The van der Waals surface area contributed by atoms with Gasteiger partial charge in [-0.25, -0.2) is 4.98 Å². The number of amides is 2. The third kappa shape index (κ3) is 6.80. The van der Waals surface area contributed by atoms with E-state index in [0.29, 0.717) is 25.3 Å². The molecule has 204 valence electrons. The highest BCUT2D eigenvalue weighted by Crippen LogP contribution is 2.39. The van der Waals surface area contributed by atoms with E-state index in [0.717, 1.165) is 29.4 Å². The van der Waals surface area contributed by atoms with E-state index in [1.54, 1.807) is 13.3 Å². The number of fused-ring (bicyclic) bond motifs is 1. The van der Waals surface area contributed by atoms with Crippen molar-refractivity contribution in [2.24, 2.45) is 17.6 Å². The van der Waals surface area contributed by atoms with E-state index in [2.05, 4.69) is 4.98 Å². The van der Waals surface area contributed by atoms with Crippen molar-refractivity contribution in [3.63, 3.8) is 0 Å². The van der Waals surface area contributed by atoms with Crippen LogP contribution in [0.3, 0.4) is 0 Å². The van der Waals surface area contributed by atoms with Crippen molar-refractivity contribution >= 4 is 28.6 Å². The quantitative estimate of drug-likeness (QED) is 0.300. The fourth-order valence-corrected chi connectivity index (χ4v) is 4.83. The Bertz CT molecular complexity index is 1200. The predicted molar refractivity (Wildman–Crippen MR) is 140 cm³/mol. The van der Waals surface area contributed by atoms with Crippen LogP contribution in [0.25, 0.3) is 10.8 Å². The summed E-state index contributed by atoms with van der Waals surface area (Å²) >= 11 is 0. The number of aliphatic carboxylic acids is 1. The Morgan fingerprint density at radius 1 is 1.26 bits per heavy atom. The van der Waals surface area contributed by atoms with Crippen LogP contribution in [0.1, 0.15) is 39.0 Å². The molecule has 0 spiro atoms. The normalized spacial score (nSPS) is 23.5. The number of carboxylic acid groups (broad SMARTS) is 1. The Morgan fingerprint density at radius 2 is 2.08 bits per heavy atom. The maximum absolute atomic E-state index is 13.0. The third-order valence-electron chi connectivity index (χ3n) is 7.04. The molecule has 0 bridgehead atoms. The molecular weight excluding hydrogens is 490 g/mol. The number of benzene rings is 1. The standard InChI is InChI=1S/C28H35N3O7/c1-17(37-11-5-3-4-6-18-14-23(18)28(34)35)12-25(32)31-16-21(15-24(31)26(29)33)38-27-22-8-7-20(36-2)13-19(22)9-10-30-27/h4,6-10,13,17-18,21,23-24H,3,5,11-12,14-16H2,1-2H3,(H2,29,33)(H,34,35)/b6-4-/t17?,18-,21-,23+,24+/m1/s1. The molecular formula is C28H35N3O7. The van der Waals surface area contributed by atoms with Crippen LogP contribution in [0, 0.1) is 11.8 Å². The number of primary amides is 1. The number of unbranched alkanes of at least 4 members (excludes halogenated alkanes) is 1. The first-order chi connectivity index (χ1) is 18.3. The minimum Gasteiger partial charge on any atom is -0.497 e. The minimum absolute atomic E-state index is 0.126. The second-order valence-corrected chi connectivity index (χ2v) is 9.94. The van der Waals surface area contributed by atoms with Gasteiger partial charge in [0.05, 0.1) is 32.1 Å². The number of ether oxygens (including phenoxy) is 3. The minimum atomic E-state index is -0.753. The Morgan fingerprint density at radius 3 is 2.79 bits per heavy atom. The first kappa shape index (κ1) is 27.4. The van der Waals surface area contributed by atoms with Crippen LogP contribution in [0.2, 0.25) is 0 Å². The lowest BCUT2D eigenvalue weighted by Gasteiger charge is -2.23. The summed E-state index contributed by atoms with van der Waals surface area (Å²) in [4.78, 5) is 41.9. The number of likely N-dealkylation sites (tertiary alicyclic amines) is 1. The summed E-state index contributed by atoms with van der Waals surface area (Å²) in [5, 5.41) is 10.7. The van der Waals surface area contributed by atoms with E-state index in [4.69, 9.17) is 25.1 Å². The Labute approximate surface area is 221 Å². The molecule has 2 amide bonds. The van der Waals surface area contributed by atoms with Crippen molar-refractivity contribution in [3.05, 3.63) is 42.6 Å². The lowest BCUT2D eigenvalue weighted by Crippen LogP contribution is -2.44. The summed E-state index contributed by atoms with van der Waals surface area (Å²) in [7, 11) is 1.60. The lowest BCUT2D eigenvalue weighted by molar-refractivity contribution is -0.139. The number of aromatic nitrogens is 1. The third-order valence-corrected chi connectivity index (χ3v) is 7.04. The zero-order valence-electron chi connectivity index (χ0n) is 21.7. The molecule has 1 saturated heterocycles. The molecule has 1 unspecified atom stereocenters. The fraction of sp³-hybridized carbons (Fsp3) is 0.500. The average Bonchev–Trinajstić information content (AvgIpc) is 3.55. The molecule has 10 nitrogen and oxygen atoms in total. The topological polar surface area (TPSA) is 141 Å². The largest absolute Gasteiger partial charge is 0.497 e. The van der Waals surface area contributed by atoms with E-state index in [1.807, 2.05) is 43.3 Å². The molecule has 2 heterocycles. The first-order valence-electron chi connectivity index (χ1n) is 13.0. The maximum atomic E-state index is 13.0. The van der Waals surface area contributed by atoms with Crippen molar-refractivity contribution in [3.8, 4) is 11.6 Å². The van der Waals surface area contributed by atoms with E-state index in [9.17, 15) is 14.4 Å². The van der Waals surface area contributed by atoms with Crippen molar-refractivity contribution < 1.29 is 33.7 Å². The fourth-order valence-electron chi connectivity index (χ4n) is 4.83. The van der Waals surface area contributed by atoms with Gasteiger partial charge in [0.2, 0.25) is 17.7 Å². The molecule has 1 aliphatic carbocycles. The van der Waals surface area contributed by atoms with Gasteiger partial charge >= 0.3 is 5.97 Å². The van der Waals surface area contributed by atoms with Crippen molar-refractivity contribution in [2.75, 3.05) is 20.3 Å². The van der Waals surface area contributed by atoms with Crippen LogP contribution in [-0.4, -0.2) is 71.3 Å². The maximum Gasteiger partial charge on any atom is 0.307 e. The number of methoxy groups -OCH3 is 1. The number of hydrogen-bond acceptors (Lipinski definition) is 7. The molecule has 2 fully saturated rings. The van der Waals surface area contributed by atoms with Crippen molar-refractivity contribution in [1.82, 2.24) is 9.88 Å². The predicted octanol–water partition coefficient (Wildman–Crippen LogP) is 2.93. The van der Waals surface area contributed by atoms with Gasteiger partial charge in [0.25, 0.3) is 0 Å². The highest BCUT2D eigenvalue weighted by molar-refractivity contribution is 5.89. The van der Waals surface area contributed by atoms with E-state index >= 15 is 0 Å². The molecule has 1 aromatic heterocycles. The van der Waals surface area contributed by atoms with Crippen molar-refractivity contribution in [1.29, 1.82) is 0 Å². The zero-order valence-corrected chi connectivity index (χ0v) is 21.7. The Kier molecular flexibility index (Phi) is 8.83. The van der Waals surface area contributed by atoms with Gasteiger partial charge in [0, 0.05) is 24.6 Å². The Balaban J connectivity index is 1.26. The SMILES string of the molecule is COc1ccc2c(O[C@@H]3C[C@@H](C(N)=O)N(C(=O)CC(C)OCCC/C=C\[C@@H]4C[C@@H]4C(=O)O)C3)nccc2c1. The molecule has 10 heteroatoms. The molecule has 1 saturated carbocycles. The first-order valence-corrected chi connectivity index (χ1v) is 13.0. The van der Waals surface area contributed by atoms with Crippen LogP contribution in [0.5, 0.6) is 11.6 Å². The lowest BCUT2D eigenvalue weighted by atomic mass is 10.1. The summed E-state index contributed by atoms with van der Waals surface area (Å²) in [5.74, 6) is -0.448. The number of carbonyl (C=O) groups excluding carboxylic acids is 2. The number of nitrogens with zero attached hydrogens (tertiary/aromatic N) is 2. The van der Waals surface area contributed by atoms with E-state index < -0.39 is 24.0 Å². The monoisotopic (exact) mass is 525 g/mol. The second kappa shape index (κ2) is 12.3. The highest BCUT2D eigenvalue weighted by atomic mass is 16.5. The van der Waals surface area contributed by atoms with Crippen LogP contribution in [0.4, 0.5) is 0 Å². The van der Waals surface area contributed by atoms with Gasteiger partial charge in [-0.3, -0.25) is 14.4 Å². The van der Waals surface area contributed by atoms with E-state index in [1.165, 1.54) is 4.90 Å². The number of carboxylic acids is 1. The molecule has 0 radical (unpaired) electrons. The molecule has 2 aliphatic rings. The van der Waals surface area contributed by atoms with Gasteiger partial charge in [0.15, 0.2) is 0 Å². The van der Waals surface area contributed by atoms with Crippen molar-refractivity contribution in [2.45, 2.75) is 57.3 Å². The van der Waals surface area contributed by atoms with Gasteiger partial charge in [-0.1, -0.05) is 12.2 Å². The molecule has 38 heavy (non-hydrogen) atoms. The molecule has 4 rings (SSSR count). The Hall–Kier alpha value is -3.66. The van der Waals surface area contributed by atoms with Gasteiger partial charge in [0.1, 0.15) is 17.9 Å². The van der Waals surface area contributed by atoms with E-state index in [-0.39, 0.29) is 36.8 Å². The van der Waals surface area contributed by atoms with Gasteiger partial charge in [-0.05, 0) is 61.8 Å². The van der Waals surface area contributed by atoms with Gasteiger partial charge < -0.3 is 30.0 Å². The number of rotatable bonds is 13. The van der Waals surface area contributed by atoms with Crippen LogP contribution >= 0.6 is 0 Å². The molecule has 1 aliphatic heterocycles. The number of carbonyl (C=O) groups is 3. The number of nitrogens with two attached hydrogens (primary N) is 1. The van der Waals surface area contributed by atoms with Crippen LogP contribution in [-0.2, 0) is 19.1 Å². The zero-order chi connectivity index (χ0) is 27.2. The molecule has 5 atom stereocenters. The summed E-state index contributed by atoms with van der Waals surface area (Å²) in [6.07, 6.45) is 7.54. The summed E-state index contributed by atoms with van der Waals surface area (Å²) in [6, 6.07) is 6.69. The number of hydrogen-bond donors (Lipinski definition) is 2. The summed E-state index contributed by atoms with van der Waals surface area (Å²) in [5.41, 5.74) is 5.62. The summed E-state index contributed by atoms with van der Waals surface area (Å²) in [6.45, 7) is 2.54. The van der Waals surface area contributed by atoms with Crippen LogP contribution < -0.4 is 15.2 Å². The van der Waals surface area contributed by atoms with Gasteiger partial charge in [-0.2, -0.15) is 0 Å². The molecule has 1 aromatic carbocycles. The number of pyridine rings is 1. The highest BCUT2D eigenvalue weighted by Gasteiger charge is 2.41. The molecule has 2 aromatic rings. The van der Waals surface area contributed by atoms with Gasteiger partial charge in [-0.15, -0.1) is 0 Å².